The molecular weight excluding hydrogens is 244 g/mol. The Morgan fingerprint density at radius 3 is 2.50 bits per heavy atom. The number of aromatic nitrogens is 2. The molecule has 1 heterocycles. The van der Waals surface area contributed by atoms with Gasteiger partial charge in [-0.3, -0.25) is 0 Å². The van der Waals surface area contributed by atoms with Crippen LogP contribution in [0.15, 0.2) is 40.3 Å². The molecule has 1 aromatic carbocycles. The van der Waals surface area contributed by atoms with E-state index in [2.05, 4.69) is 16.9 Å². The molecule has 3 nitrogen and oxygen atoms in total. The molecule has 0 bridgehead atoms. The van der Waals surface area contributed by atoms with Gasteiger partial charge in [-0.25, -0.2) is 9.97 Å². The summed E-state index contributed by atoms with van der Waals surface area (Å²) >= 11 is 1.62. The lowest BCUT2D eigenvalue weighted by Gasteiger charge is -2.05. The summed E-state index contributed by atoms with van der Waals surface area (Å²) in [5, 5.41) is 9.96. The second-order valence-corrected chi connectivity index (χ2v) is 5.10. The fourth-order valence-electron chi connectivity index (χ4n) is 1.62. The average molecular weight is 260 g/mol. The third kappa shape index (κ3) is 3.31. The molecule has 94 valence electrons. The molecule has 18 heavy (non-hydrogen) atoms. The minimum atomic E-state index is 0.0809. The minimum Gasteiger partial charge on any atom is -0.392 e. The van der Waals surface area contributed by atoms with E-state index < -0.39 is 0 Å². The Labute approximate surface area is 111 Å². The molecule has 1 N–H and O–H groups in total. The normalized spacial score (nSPS) is 10.6. The second kappa shape index (κ2) is 5.98. The van der Waals surface area contributed by atoms with Gasteiger partial charge in [0.15, 0.2) is 0 Å². The van der Waals surface area contributed by atoms with E-state index in [1.807, 2.05) is 37.3 Å². The van der Waals surface area contributed by atoms with Crippen molar-refractivity contribution in [3.8, 4) is 0 Å². The van der Waals surface area contributed by atoms with Gasteiger partial charge in [-0.2, -0.15) is 0 Å². The maximum absolute atomic E-state index is 9.00. The molecule has 2 rings (SSSR count). The van der Waals surface area contributed by atoms with E-state index in [1.165, 1.54) is 0 Å². The van der Waals surface area contributed by atoms with Crippen molar-refractivity contribution in [2.24, 2.45) is 0 Å². The van der Waals surface area contributed by atoms with Crippen molar-refractivity contribution in [1.82, 2.24) is 9.97 Å². The standard InChI is InChI=1S/C14H16N2OS/c1-3-12-8-14(16-10(2)15-12)18-13-6-4-11(9-17)5-7-13/h4-8,17H,3,9H2,1-2H3. The Morgan fingerprint density at radius 1 is 1.17 bits per heavy atom. The molecule has 0 spiro atoms. The van der Waals surface area contributed by atoms with Crippen molar-refractivity contribution < 1.29 is 5.11 Å². The summed E-state index contributed by atoms with van der Waals surface area (Å²) in [5.74, 6) is 0.809. The second-order valence-electron chi connectivity index (χ2n) is 4.00. The van der Waals surface area contributed by atoms with Crippen LogP contribution in [0.2, 0.25) is 0 Å². The molecule has 0 aliphatic heterocycles. The van der Waals surface area contributed by atoms with Gasteiger partial charge in [0.25, 0.3) is 0 Å². The van der Waals surface area contributed by atoms with E-state index in [0.717, 1.165) is 33.4 Å². The topological polar surface area (TPSA) is 46.0 Å². The van der Waals surface area contributed by atoms with Crippen LogP contribution in [0.4, 0.5) is 0 Å². The largest absolute Gasteiger partial charge is 0.392 e. The quantitative estimate of drug-likeness (QED) is 0.858. The van der Waals surface area contributed by atoms with Crippen LogP contribution in [0.25, 0.3) is 0 Å². The molecule has 0 aliphatic carbocycles. The van der Waals surface area contributed by atoms with Gasteiger partial charge in [-0.1, -0.05) is 30.8 Å². The Morgan fingerprint density at radius 2 is 1.89 bits per heavy atom. The molecule has 0 saturated carbocycles. The molecule has 0 aliphatic rings. The van der Waals surface area contributed by atoms with Gasteiger partial charge in [0.2, 0.25) is 0 Å². The van der Waals surface area contributed by atoms with Gasteiger partial charge < -0.3 is 5.11 Å². The van der Waals surface area contributed by atoms with E-state index in [1.54, 1.807) is 11.8 Å². The van der Waals surface area contributed by atoms with Crippen molar-refractivity contribution >= 4 is 11.8 Å². The predicted octanol–water partition coefficient (Wildman–Crippen LogP) is 2.99. The summed E-state index contributed by atoms with van der Waals surface area (Å²) in [6.07, 6.45) is 0.917. The zero-order valence-corrected chi connectivity index (χ0v) is 11.4. The van der Waals surface area contributed by atoms with Gasteiger partial charge in [0.1, 0.15) is 10.9 Å². The predicted molar refractivity (Wildman–Crippen MR) is 72.6 cm³/mol. The molecule has 2 aromatic rings. The van der Waals surface area contributed by atoms with Crippen molar-refractivity contribution in [2.75, 3.05) is 0 Å². The summed E-state index contributed by atoms with van der Waals surface area (Å²) < 4.78 is 0. The molecule has 0 unspecified atom stereocenters. The summed E-state index contributed by atoms with van der Waals surface area (Å²) in [7, 11) is 0. The lowest BCUT2D eigenvalue weighted by Crippen LogP contribution is -1.95. The SMILES string of the molecule is CCc1cc(Sc2ccc(CO)cc2)nc(C)n1. The van der Waals surface area contributed by atoms with Crippen LogP contribution >= 0.6 is 11.8 Å². The minimum absolute atomic E-state index is 0.0809. The van der Waals surface area contributed by atoms with Crippen molar-refractivity contribution in [3.63, 3.8) is 0 Å². The highest BCUT2D eigenvalue weighted by Crippen LogP contribution is 2.26. The molecular formula is C14H16N2OS. The summed E-state index contributed by atoms with van der Waals surface area (Å²) in [6, 6.07) is 9.88. The van der Waals surface area contributed by atoms with Crippen LogP contribution in [-0.2, 0) is 13.0 Å². The highest BCUT2D eigenvalue weighted by molar-refractivity contribution is 7.99. The van der Waals surface area contributed by atoms with Crippen LogP contribution in [0, 0.1) is 6.92 Å². The first-order valence-electron chi connectivity index (χ1n) is 5.93. The first-order valence-corrected chi connectivity index (χ1v) is 6.75. The van der Waals surface area contributed by atoms with E-state index >= 15 is 0 Å². The molecule has 1 aromatic heterocycles. The number of rotatable bonds is 4. The van der Waals surface area contributed by atoms with Gasteiger partial charge in [-0.05, 0) is 37.1 Å². The van der Waals surface area contributed by atoms with E-state index in [0.29, 0.717) is 0 Å². The van der Waals surface area contributed by atoms with E-state index in [9.17, 15) is 0 Å². The Kier molecular flexibility index (Phi) is 4.33. The van der Waals surface area contributed by atoms with Crippen LogP contribution in [-0.4, -0.2) is 15.1 Å². The fourth-order valence-corrected chi connectivity index (χ4v) is 2.50. The van der Waals surface area contributed by atoms with Crippen LogP contribution in [0.1, 0.15) is 24.0 Å². The fraction of sp³-hybridized carbons (Fsp3) is 0.286. The number of aliphatic hydroxyl groups is 1. The van der Waals surface area contributed by atoms with Gasteiger partial charge in [0, 0.05) is 10.6 Å². The number of aryl methyl sites for hydroxylation is 2. The third-order valence-corrected chi connectivity index (χ3v) is 3.48. The molecule has 0 fully saturated rings. The van der Waals surface area contributed by atoms with Crippen LogP contribution in [0.3, 0.4) is 0 Å². The van der Waals surface area contributed by atoms with Crippen molar-refractivity contribution in [2.45, 2.75) is 36.8 Å². The lowest BCUT2D eigenvalue weighted by molar-refractivity contribution is 0.282. The summed E-state index contributed by atoms with van der Waals surface area (Å²) in [4.78, 5) is 9.90. The number of nitrogens with zero attached hydrogens (tertiary/aromatic N) is 2. The lowest BCUT2D eigenvalue weighted by atomic mass is 10.2. The number of benzene rings is 1. The Hall–Kier alpha value is -1.39. The highest BCUT2D eigenvalue weighted by Gasteiger charge is 2.03. The van der Waals surface area contributed by atoms with E-state index in [-0.39, 0.29) is 6.61 Å². The molecule has 0 amide bonds. The van der Waals surface area contributed by atoms with Gasteiger partial charge >= 0.3 is 0 Å². The molecule has 4 heteroatoms. The van der Waals surface area contributed by atoms with Crippen LogP contribution < -0.4 is 0 Å². The third-order valence-electron chi connectivity index (χ3n) is 2.56. The average Bonchev–Trinajstić information content (AvgIpc) is 2.39. The molecule has 0 atom stereocenters. The monoisotopic (exact) mass is 260 g/mol. The zero-order valence-electron chi connectivity index (χ0n) is 10.6. The number of hydrogen-bond acceptors (Lipinski definition) is 4. The maximum atomic E-state index is 9.00. The maximum Gasteiger partial charge on any atom is 0.126 e. The summed E-state index contributed by atoms with van der Waals surface area (Å²) in [5.41, 5.74) is 1.99. The Balaban J connectivity index is 2.19. The summed E-state index contributed by atoms with van der Waals surface area (Å²) in [6.45, 7) is 4.09. The smallest absolute Gasteiger partial charge is 0.126 e. The van der Waals surface area contributed by atoms with Crippen molar-refractivity contribution in [3.05, 3.63) is 47.4 Å². The first kappa shape index (κ1) is 13.1. The Bertz CT molecular complexity index is 526. The first-order chi connectivity index (χ1) is 8.71. The van der Waals surface area contributed by atoms with Crippen LogP contribution in [0.5, 0.6) is 0 Å². The zero-order chi connectivity index (χ0) is 13.0. The van der Waals surface area contributed by atoms with E-state index in [4.69, 9.17) is 5.11 Å². The highest BCUT2D eigenvalue weighted by atomic mass is 32.2. The molecule has 0 saturated heterocycles. The van der Waals surface area contributed by atoms with Gasteiger partial charge in [0.05, 0.1) is 6.61 Å². The number of hydrogen-bond donors (Lipinski definition) is 1. The van der Waals surface area contributed by atoms with Crippen molar-refractivity contribution in [1.29, 1.82) is 0 Å². The van der Waals surface area contributed by atoms with Gasteiger partial charge in [-0.15, -0.1) is 0 Å². The number of aliphatic hydroxyl groups excluding tert-OH is 1. The molecule has 0 radical (unpaired) electrons.